The number of amides is 2. The van der Waals surface area contributed by atoms with Crippen LogP contribution in [0.15, 0.2) is 54.6 Å². The van der Waals surface area contributed by atoms with Crippen LogP contribution in [0, 0.1) is 0 Å². The van der Waals surface area contributed by atoms with Crippen molar-refractivity contribution in [1.82, 2.24) is 10.6 Å². The summed E-state index contributed by atoms with van der Waals surface area (Å²) in [5.74, 6) is 0. The van der Waals surface area contributed by atoms with Crippen LogP contribution >= 0.6 is 0 Å². The highest BCUT2D eigenvalue weighted by Crippen LogP contribution is 2.15. The molecule has 2 N–H and O–H groups in total. The van der Waals surface area contributed by atoms with E-state index in [0.29, 0.717) is 18.7 Å². The Morgan fingerprint density at radius 2 is 1.54 bits per heavy atom. The Bertz CT molecular complexity index is 673. The van der Waals surface area contributed by atoms with Gasteiger partial charge in [0.15, 0.2) is 0 Å². The maximum absolute atomic E-state index is 12.0. The molecule has 0 aliphatic rings. The quantitative estimate of drug-likeness (QED) is 0.747. The second-order valence-electron chi connectivity index (χ2n) is 5.77. The van der Waals surface area contributed by atoms with Crippen molar-refractivity contribution in [2.75, 3.05) is 13.2 Å². The Labute approximate surface area is 150 Å². The molecule has 2 amide bonds. The highest BCUT2D eigenvalue weighted by molar-refractivity contribution is 5.73. The highest BCUT2D eigenvalue weighted by atomic mass is 19.4. The molecule has 0 saturated heterocycles. The first-order chi connectivity index (χ1) is 12.4. The summed E-state index contributed by atoms with van der Waals surface area (Å²) in [5, 5.41) is 5.52. The molecule has 2 aromatic carbocycles. The lowest BCUT2D eigenvalue weighted by Crippen LogP contribution is -2.36. The van der Waals surface area contributed by atoms with Gasteiger partial charge in [0, 0.05) is 13.1 Å². The van der Waals surface area contributed by atoms with Crippen LogP contribution in [0.1, 0.15) is 16.7 Å². The molecule has 0 aliphatic heterocycles. The molecule has 0 heterocycles. The summed E-state index contributed by atoms with van der Waals surface area (Å²) in [4.78, 5) is 11.8. The molecule has 4 nitrogen and oxygen atoms in total. The monoisotopic (exact) mass is 366 g/mol. The molecule has 0 radical (unpaired) electrons. The number of alkyl halides is 3. The molecule has 140 valence electrons. The minimum Gasteiger partial charge on any atom is -0.367 e. The van der Waals surface area contributed by atoms with Gasteiger partial charge in [-0.15, -0.1) is 0 Å². The van der Waals surface area contributed by atoms with Gasteiger partial charge < -0.3 is 15.4 Å². The smallest absolute Gasteiger partial charge is 0.367 e. The minimum absolute atomic E-state index is 0.104. The van der Waals surface area contributed by atoms with Crippen molar-refractivity contribution in [3.63, 3.8) is 0 Å². The topological polar surface area (TPSA) is 50.4 Å². The van der Waals surface area contributed by atoms with Gasteiger partial charge in [-0.2, -0.15) is 13.2 Å². The number of halogens is 3. The molecular formula is C19H21F3N2O2. The molecule has 0 atom stereocenters. The number of carbonyl (C=O) groups is 1. The summed E-state index contributed by atoms with van der Waals surface area (Å²) in [6.45, 7) is -0.501. The molecule has 0 unspecified atom stereocenters. The van der Waals surface area contributed by atoms with E-state index in [2.05, 4.69) is 15.4 Å². The summed E-state index contributed by atoms with van der Waals surface area (Å²) in [7, 11) is 0. The zero-order valence-electron chi connectivity index (χ0n) is 14.2. The number of carbonyl (C=O) groups excluding carboxylic acids is 1. The van der Waals surface area contributed by atoms with Gasteiger partial charge in [-0.1, -0.05) is 54.6 Å². The Morgan fingerprint density at radius 3 is 2.19 bits per heavy atom. The SMILES string of the molecule is O=C(NCCc1ccccc1)NCc1ccc(COCC(F)(F)F)cc1. The van der Waals surface area contributed by atoms with Gasteiger partial charge >= 0.3 is 12.2 Å². The number of benzene rings is 2. The lowest BCUT2D eigenvalue weighted by molar-refractivity contribution is -0.176. The van der Waals surface area contributed by atoms with E-state index < -0.39 is 12.8 Å². The number of hydrogen-bond acceptors (Lipinski definition) is 2. The van der Waals surface area contributed by atoms with E-state index in [-0.39, 0.29) is 12.6 Å². The van der Waals surface area contributed by atoms with Gasteiger partial charge in [0.05, 0.1) is 6.61 Å². The van der Waals surface area contributed by atoms with Crippen molar-refractivity contribution >= 4 is 6.03 Å². The van der Waals surface area contributed by atoms with Crippen molar-refractivity contribution in [2.45, 2.75) is 25.7 Å². The summed E-state index contributed by atoms with van der Waals surface area (Å²) in [6, 6.07) is 16.4. The summed E-state index contributed by atoms with van der Waals surface area (Å²) >= 11 is 0. The zero-order valence-corrected chi connectivity index (χ0v) is 14.2. The van der Waals surface area contributed by atoms with Gasteiger partial charge in [-0.25, -0.2) is 4.79 Å². The van der Waals surface area contributed by atoms with E-state index in [9.17, 15) is 18.0 Å². The standard InChI is InChI=1S/C19H21F3N2O2/c20-19(21,22)14-26-13-17-8-6-16(7-9-17)12-24-18(25)23-11-10-15-4-2-1-3-5-15/h1-9H,10-14H2,(H2,23,24,25). The first kappa shape index (κ1) is 19.8. The third-order valence-corrected chi connectivity index (χ3v) is 3.55. The predicted molar refractivity (Wildman–Crippen MR) is 92.5 cm³/mol. The van der Waals surface area contributed by atoms with Gasteiger partial charge in [0.25, 0.3) is 0 Å². The van der Waals surface area contributed by atoms with E-state index in [1.165, 1.54) is 0 Å². The fraction of sp³-hybridized carbons (Fsp3) is 0.316. The van der Waals surface area contributed by atoms with Crippen LogP contribution in [0.5, 0.6) is 0 Å². The highest BCUT2D eigenvalue weighted by Gasteiger charge is 2.27. The maximum Gasteiger partial charge on any atom is 0.411 e. The summed E-state index contributed by atoms with van der Waals surface area (Å²) in [5.41, 5.74) is 2.64. The van der Waals surface area contributed by atoms with Crippen molar-refractivity contribution in [3.05, 3.63) is 71.3 Å². The van der Waals surface area contributed by atoms with Crippen molar-refractivity contribution in [2.24, 2.45) is 0 Å². The zero-order chi connectivity index (χ0) is 18.8. The molecule has 7 heteroatoms. The number of hydrogen-bond donors (Lipinski definition) is 2. The molecular weight excluding hydrogens is 345 g/mol. The molecule has 0 aromatic heterocycles. The van der Waals surface area contributed by atoms with E-state index in [1.54, 1.807) is 24.3 Å². The summed E-state index contributed by atoms with van der Waals surface area (Å²) < 4.78 is 40.6. The Morgan fingerprint density at radius 1 is 0.885 bits per heavy atom. The van der Waals surface area contributed by atoms with Gasteiger partial charge in [0.1, 0.15) is 6.61 Å². The first-order valence-corrected chi connectivity index (χ1v) is 8.20. The van der Waals surface area contributed by atoms with Crippen LogP contribution in [0.25, 0.3) is 0 Å². The molecule has 2 rings (SSSR count). The Balaban J connectivity index is 1.64. The first-order valence-electron chi connectivity index (χ1n) is 8.20. The van der Waals surface area contributed by atoms with Crippen LogP contribution < -0.4 is 10.6 Å². The van der Waals surface area contributed by atoms with E-state index in [4.69, 9.17) is 0 Å². The molecule has 0 bridgehead atoms. The molecule has 0 saturated carbocycles. The molecule has 0 spiro atoms. The number of rotatable bonds is 8. The fourth-order valence-corrected chi connectivity index (χ4v) is 2.25. The Hall–Kier alpha value is -2.54. The second kappa shape index (κ2) is 9.82. The lowest BCUT2D eigenvalue weighted by Gasteiger charge is -2.09. The molecule has 0 fully saturated rings. The van der Waals surface area contributed by atoms with Gasteiger partial charge in [0.2, 0.25) is 0 Å². The molecule has 26 heavy (non-hydrogen) atoms. The Kier molecular flexibility index (Phi) is 7.47. The third kappa shape index (κ3) is 8.02. The van der Waals surface area contributed by atoms with E-state index in [1.807, 2.05) is 30.3 Å². The number of urea groups is 1. The largest absolute Gasteiger partial charge is 0.411 e. The average molecular weight is 366 g/mol. The van der Waals surface area contributed by atoms with Crippen LogP contribution in [-0.4, -0.2) is 25.4 Å². The van der Waals surface area contributed by atoms with E-state index in [0.717, 1.165) is 17.5 Å². The molecule has 2 aromatic rings. The van der Waals surface area contributed by atoms with Crippen LogP contribution in [0.2, 0.25) is 0 Å². The summed E-state index contributed by atoms with van der Waals surface area (Å²) in [6.07, 6.45) is -3.57. The van der Waals surface area contributed by atoms with Crippen molar-refractivity contribution in [3.8, 4) is 0 Å². The van der Waals surface area contributed by atoms with Crippen LogP contribution in [0.3, 0.4) is 0 Å². The van der Waals surface area contributed by atoms with Gasteiger partial charge in [-0.05, 0) is 23.1 Å². The van der Waals surface area contributed by atoms with Crippen LogP contribution in [0.4, 0.5) is 18.0 Å². The fourth-order valence-electron chi connectivity index (χ4n) is 2.25. The number of ether oxygens (including phenoxy) is 1. The van der Waals surface area contributed by atoms with Crippen molar-refractivity contribution in [1.29, 1.82) is 0 Å². The van der Waals surface area contributed by atoms with E-state index >= 15 is 0 Å². The normalized spacial score (nSPS) is 11.2. The van der Waals surface area contributed by atoms with Crippen LogP contribution in [-0.2, 0) is 24.3 Å². The third-order valence-electron chi connectivity index (χ3n) is 3.55. The van der Waals surface area contributed by atoms with Crippen molar-refractivity contribution < 1.29 is 22.7 Å². The lowest BCUT2D eigenvalue weighted by atomic mass is 10.1. The second-order valence-corrected chi connectivity index (χ2v) is 5.77. The number of nitrogens with one attached hydrogen (secondary N) is 2. The predicted octanol–water partition coefficient (Wildman–Crippen LogP) is 3.81. The maximum atomic E-state index is 12.0. The molecule has 0 aliphatic carbocycles. The minimum atomic E-state index is -4.32. The van der Waals surface area contributed by atoms with Gasteiger partial charge in [-0.3, -0.25) is 0 Å². The average Bonchev–Trinajstić information content (AvgIpc) is 2.61.